The Hall–Kier alpha value is -0.820. The molecule has 0 aromatic heterocycles. The Kier molecular flexibility index (Phi) is 7.33. The summed E-state index contributed by atoms with van der Waals surface area (Å²) < 4.78 is 23.2. The molecule has 1 aliphatic heterocycles. The minimum absolute atomic E-state index is 0. The summed E-state index contributed by atoms with van der Waals surface area (Å²) in [6.45, 7) is 5.43. The van der Waals surface area contributed by atoms with Crippen LogP contribution in [0.5, 0.6) is 0 Å². The number of hydrogen-bond acceptors (Lipinski definition) is 4. The molecule has 0 spiro atoms. The summed E-state index contributed by atoms with van der Waals surface area (Å²) in [4.78, 5) is 12.8. The highest BCUT2D eigenvalue weighted by Gasteiger charge is 2.48. The van der Waals surface area contributed by atoms with Crippen molar-refractivity contribution in [3.63, 3.8) is 0 Å². The van der Waals surface area contributed by atoms with Gasteiger partial charge < -0.3 is 10.6 Å². The van der Waals surface area contributed by atoms with Gasteiger partial charge in [-0.2, -0.15) is 0 Å². The highest BCUT2D eigenvalue weighted by Crippen LogP contribution is 2.29. The van der Waals surface area contributed by atoms with E-state index >= 15 is 0 Å². The van der Waals surface area contributed by atoms with Crippen LogP contribution < -0.4 is 10.6 Å². The standard InChI is InChI=1S/C17H25ClN2O3S.ClH/c1-16(2,13-4-6-14(18)7-5-13)12-20-15(21)17(24(3,22)23)8-10-19-11-9-17;/h4-7,19H,8-12H2,1-3H3,(H,20,21);1H. The smallest absolute Gasteiger partial charge is 0.241 e. The second kappa shape index (κ2) is 8.25. The van der Waals surface area contributed by atoms with Crippen LogP contribution in [0.2, 0.25) is 5.02 Å². The largest absolute Gasteiger partial charge is 0.354 e. The van der Waals surface area contributed by atoms with Crippen molar-refractivity contribution >= 4 is 39.8 Å². The van der Waals surface area contributed by atoms with E-state index in [1.807, 2.05) is 38.1 Å². The normalized spacial score (nSPS) is 17.4. The van der Waals surface area contributed by atoms with Gasteiger partial charge in [0, 0.05) is 23.2 Å². The molecule has 1 aliphatic rings. The van der Waals surface area contributed by atoms with Crippen molar-refractivity contribution in [1.82, 2.24) is 10.6 Å². The van der Waals surface area contributed by atoms with E-state index in [4.69, 9.17) is 11.6 Å². The van der Waals surface area contributed by atoms with Gasteiger partial charge in [-0.3, -0.25) is 4.79 Å². The fourth-order valence-corrected chi connectivity index (χ4v) is 4.54. The van der Waals surface area contributed by atoms with Crippen molar-refractivity contribution in [3.05, 3.63) is 34.9 Å². The first-order chi connectivity index (χ1) is 11.1. The Morgan fingerprint density at radius 2 is 1.76 bits per heavy atom. The topological polar surface area (TPSA) is 75.3 Å². The number of benzene rings is 1. The van der Waals surface area contributed by atoms with Crippen molar-refractivity contribution in [3.8, 4) is 0 Å². The number of amides is 1. The summed E-state index contributed by atoms with van der Waals surface area (Å²) in [6, 6.07) is 7.47. The van der Waals surface area contributed by atoms with Crippen molar-refractivity contribution in [2.24, 2.45) is 0 Å². The molecule has 5 nitrogen and oxygen atoms in total. The maximum absolute atomic E-state index is 12.8. The summed E-state index contributed by atoms with van der Waals surface area (Å²) in [6.07, 6.45) is 1.76. The van der Waals surface area contributed by atoms with Crippen LogP contribution in [0.25, 0.3) is 0 Å². The van der Waals surface area contributed by atoms with E-state index in [0.717, 1.165) is 11.8 Å². The number of nitrogens with one attached hydrogen (secondary N) is 2. The van der Waals surface area contributed by atoms with Crippen LogP contribution in [0.4, 0.5) is 0 Å². The van der Waals surface area contributed by atoms with Gasteiger partial charge in [0.25, 0.3) is 0 Å². The predicted octanol–water partition coefficient (Wildman–Crippen LogP) is 2.32. The van der Waals surface area contributed by atoms with Gasteiger partial charge >= 0.3 is 0 Å². The van der Waals surface area contributed by atoms with Crippen LogP contribution in [-0.4, -0.2) is 45.0 Å². The third-order valence-corrected chi connectivity index (χ3v) is 7.12. The van der Waals surface area contributed by atoms with E-state index in [1.54, 1.807) is 0 Å². The fraction of sp³-hybridized carbons (Fsp3) is 0.588. The molecule has 25 heavy (non-hydrogen) atoms. The SMILES string of the molecule is CC(C)(CNC(=O)C1(S(C)(=O)=O)CCNCC1)c1ccc(Cl)cc1.Cl. The quantitative estimate of drug-likeness (QED) is 0.783. The van der Waals surface area contributed by atoms with Gasteiger partial charge in [-0.25, -0.2) is 8.42 Å². The molecule has 0 bridgehead atoms. The van der Waals surface area contributed by atoms with Gasteiger partial charge in [-0.1, -0.05) is 37.6 Å². The first-order valence-corrected chi connectivity index (χ1v) is 10.3. The van der Waals surface area contributed by atoms with E-state index in [2.05, 4.69) is 10.6 Å². The van der Waals surface area contributed by atoms with E-state index in [1.165, 1.54) is 0 Å². The maximum Gasteiger partial charge on any atom is 0.241 e. The number of rotatable bonds is 5. The van der Waals surface area contributed by atoms with E-state index in [0.29, 0.717) is 37.5 Å². The zero-order valence-corrected chi connectivity index (χ0v) is 17.2. The molecule has 2 N–H and O–H groups in total. The van der Waals surface area contributed by atoms with Crippen molar-refractivity contribution in [1.29, 1.82) is 0 Å². The minimum Gasteiger partial charge on any atom is -0.354 e. The Labute approximate surface area is 161 Å². The molecule has 8 heteroatoms. The number of sulfone groups is 1. The molecule has 1 aromatic carbocycles. The number of piperidine rings is 1. The van der Waals surface area contributed by atoms with Gasteiger partial charge in [0.05, 0.1) is 0 Å². The van der Waals surface area contributed by atoms with E-state index in [9.17, 15) is 13.2 Å². The number of carbonyl (C=O) groups is 1. The Bertz CT molecular complexity index is 697. The zero-order valence-electron chi connectivity index (χ0n) is 14.8. The molecule has 2 rings (SSSR count). The van der Waals surface area contributed by atoms with Gasteiger partial charge in [-0.05, 0) is 43.6 Å². The van der Waals surface area contributed by atoms with Crippen LogP contribution in [0.3, 0.4) is 0 Å². The summed E-state index contributed by atoms with van der Waals surface area (Å²) in [5, 5.41) is 6.64. The monoisotopic (exact) mass is 408 g/mol. The summed E-state index contributed by atoms with van der Waals surface area (Å²) in [5.41, 5.74) is 0.706. The molecule has 0 radical (unpaired) electrons. The maximum atomic E-state index is 12.8. The van der Waals surface area contributed by atoms with Crippen LogP contribution in [0.15, 0.2) is 24.3 Å². The molecular weight excluding hydrogens is 383 g/mol. The molecule has 142 valence electrons. The lowest BCUT2D eigenvalue weighted by Crippen LogP contribution is -2.58. The third-order valence-electron chi connectivity index (χ3n) is 4.85. The average molecular weight is 409 g/mol. The Balaban J connectivity index is 0.00000312. The van der Waals surface area contributed by atoms with Gasteiger partial charge in [0.2, 0.25) is 5.91 Å². The Morgan fingerprint density at radius 1 is 1.24 bits per heavy atom. The molecule has 0 atom stereocenters. The fourth-order valence-electron chi connectivity index (χ4n) is 3.06. The van der Waals surface area contributed by atoms with Crippen LogP contribution >= 0.6 is 24.0 Å². The second-order valence-corrected chi connectivity index (χ2v) is 9.85. The lowest BCUT2D eigenvalue weighted by atomic mass is 9.84. The third kappa shape index (κ3) is 4.88. The molecule has 0 unspecified atom stereocenters. The van der Waals surface area contributed by atoms with Gasteiger partial charge in [0.15, 0.2) is 14.6 Å². The highest BCUT2D eigenvalue weighted by molar-refractivity contribution is 7.92. The first-order valence-electron chi connectivity index (χ1n) is 8.03. The summed E-state index contributed by atoms with van der Waals surface area (Å²) in [7, 11) is -3.49. The minimum atomic E-state index is -3.49. The molecule has 0 saturated carbocycles. The summed E-state index contributed by atoms with van der Waals surface area (Å²) in [5.74, 6) is -0.395. The molecule has 1 amide bonds. The van der Waals surface area contributed by atoms with Crippen LogP contribution in [0.1, 0.15) is 32.3 Å². The second-order valence-electron chi connectivity index (χ2n) is 7.09. The van der Waals surface area contributed by atoms with E-state index in [-0.39, 0.29) is 17.8 Å². The molecule has 1 saturated heterocycles. The average Bonchev–Trinajstić information content (AvgIpc) is 2.52. The zero-order chi connectivity index (χ0) is 18.0. The summed E-state index contributed by atoms with van der Waals surface area (Å²) >= 11 is 5.92. The molecule has 1 fully saturated rings. The molecule has 1 aromatic rings. The number of halogens is 2. The van der Waals surface area contributed by atoms with E-state index < -0.39 is 20.5 Å². The van der Waals surface area contributed by atoms with Crippen LogP contribution in [-0.2, 0) is 20.0 Å². The van der Waals surface area contributed by atoms with Crippen molar-refractivity contribution in [2.45, 2.75) is 36.9 Å². The number of carbonyl (C=O) groups excluding carboxylic acids is 1. The first kappa shape index (κ1) is 22.2. The lowest BCUT2D eigenvalue weighted by molar-refractivity contribution is -0.124. The molecule has 0 aliphatic carbocycles. The van der Waals surface area contributed by atoms with Crippen LogP contribution in [0, 0.1) is 0 Å². The van der Waals surface area contributed by atoms with Gasteiger partial charge in [0.1, 0.15) is 0 Å². The van der Waals surface area contributed by atoms with Crippen molar-refractivity contribution < 1.29 is 13.2 Å². The highest BCUT2D eigenvalue weighted by atomic mass is 35.5. The Morgan fingerprint density at radius 3 is 2.24 bits per heavy atom. The molecular formula is C17H26Cl2N2O3S. The predicted molar refractivity (Wildman–Crippen MR) is 104 cm³/mol. The van der Waals surface area contributed by atoms with Gasteiger partial charge in [-0.15, -0.1) is 12.4 Å². The van der Waals surface area contributed by atoms with Crippen molar-refractivity contribution in [2.75, 3.05) is 25.9 Å². The lowest BCUT2D eigenvalue weighted by Gasteiger charge is -2.35. The molecule has 1 heterocycles. The number of hydrogen-bond donors (Lipinski definition) is 2.